The highest BCUT2D eigenvalue weighted by Gasteiger charge is 2.12. The zero-order valence-corrected chi connectivity index (χ0v) is 11.5. The van der Waals surface area contributed by atoms with Crippen LogP contribution in [0.25, 0.3) is 0 Å². The molecule has 16 heavy (non-hydrogen) atoms. The van der Waals surface area contributed by atoms with E-state index in [1.54, 1.807) is 0 Å². The zero-order chi connectivity index (χ0) is 11.8. The van der Waals surface area contributed by atoms with Gasteiger partial charge in [0.2, 0.25) is 0 Å². The average Bonchev–Trinajstić information content (AvgIpc) is 2.27. The van der Waals surface area contributed by atoms with Crippen LogP contribution in [-0.2, 0) is 0 Å². The summed E-state index contributed by atoms with van der Waals surface area (Å²) in [6.45, 7) is 8.39. The fraction of sp³-hybridized carbons (Fsp3) is 1.00. The molecule has 1 atom stereocenters. The lowest BCUT2D eigenvalue weighted by Gasteiger charge is -2.26. The summed E-state index contributed by atoms with van der Waals surface area (Å²) in [6.07, 6.45) is 8.24. The molecule has 0 aliphatic carbocycles. The Morgan fingerprint density at radius 1 is 1.25 bits per heavy atom. The molecule has 0 aromatic heterocycles. The second-order valence-electron chi connectivity index (χ2n) is 5.77. The lowest BCUT2D eigenvalue weighted by molar-refractivity contribution is 0.279. The molecule has 0 spiro atoms. The van der Waals surface area contributed by atoms with E-state index in [-0.39, 0.29) is 0 Å². The molecule has 1 fully saturated rings. The Morgan fingerprint density at radius 3 is 2.69 bits per heavy atom. The molecule has 0 amide bonds. The highest BCUT2D eigenvalue weighted by Crippen LogP contribution is 2.11. The minimum Gasteiger partial charge on any atom is -0.314 e. The van der Waals surface area contributed by atoms with Gasteiger partial charge in [0.1, 0.15) is 0 Å². The smallest absolute Gasteiger partial charge is 0.00792 e. The molecule has 0 saturated carbocycles. The fourth-order valence-electron chi connectivity index (χ4n) is 2.43. The summed E-state index contributed by atoms with van der Waals surface area (Å²) in [5, 5.41) is 3.62. The van der Waals surface area contributed by atoms with E-state index < -0.39 is 0 Å². The summed E-state index contributed by atoms with van der Waals surface area (Å²) in [4.78, 5) is 2.50. The Morgan fingerprint density at radius 2 is 2.06 bits per heavy atom. The van der Waals surface area contributed by atoms with Gasteiger partial charge in [-0.05, 0) is 64.7 Å². The van der Waals surface area contributed by atoms with Gasteiger partial charge in [0, 0.05) is 6.04 Å². The minimum absolute atomic E-state index is 0.793. The Kier molecular flexibility index (Phi) is 7.06. The van der Waals surface area contributed by atoms with Crippen molar-refractivity contribution in [1.29, 1.82) is 0 Å². The van der Waals surface area contributed by atoms with Gasteiger partial charge in [0.05, 0.1) is 0 Å². The lowest BCUT2D eigenvalue weighted by Crippen LogP contribution is -2.36. The van der Waals surface area contributed by atoms with Crippen LogP contribution >= 0.6 is 0 Å². The fourth-order valence-corrected chi connectivity index (χ4v) is 2.43. The summed E-state index contributed by atoms with van der Waals surface area (Å²) in [5.74, 6) is 0.855. The van der Waals surface area contributed by atoms with Gasteiger partial charge in [-0.25, -0.2) is 0 Å². The van der Waals surface area contributed by atoms with Crippen molar-refractivity contribution in [2.45, 2.75) is 58.4 Å². The molecule has 0 aromatic rings. The van der Waals surface area contributed by atoms with Crippen molar-refractivity contribution in [1.82, 2.24) is 10.2 Å². The first kappa shape index (κ1) is 14.0. The van der Waals surface area contributed by atoms with Crippen LogP contribution in [0.2, 0.25) is 0 Å². The summed E-state index contributed by atoms with van der Waals surface area (Å²) < 4.78 is 0. The molecule has 1 N–H and O–H groups in total. The van der Waals surface area contributed by atoms with Gasteiger partial charge >= 0.3 is 0 Å². The number of hydrogen-bond donors (Lipinski definition) is 1. The maximum Gasteiger partial charge on any atom is 0.00792 e. The van der Waals surface area contributed by atoms with Crippen molar-refractivity contribution in [3.63, 3.8) is 0 Å². The van der Waals surface area contributed by atoms with Crippen LogP contribution in [0.15, 0.2) is 0 Å². The number of rotatable bonds is 7. The van der Waals surface area contributed by atoms with E-state index in [1.165, 1.54) is 58.2 Å². The predicted molar refractivity (Wildman–Crippen MR) is 71.8 cm³/mol. The number of nitrogens with one attached hydrogen (secondary N) is 1. The number of hydrogen-bond acceptors (Lipinski definition) is 2. The van der Waals surface area contributed by atoms with Gasteiger partial charge in [-0.1, -0.05) is 20.3 Å². The molecule has 1 heterocycles. The van der Waals surface area contributed by atoms with E-state index in [9.17, 15) is 0 Å². The predicted octanol–water partition coefficient (Wildman–Crippen LogP) is 2.89. The second-order valence-corrected chi connectivity index (χ2v) is 5.77. The van der Waals surface area contributed by atoms with Gasteiger partial charge in [-0.3, -0.25) is 0 Å². The van der Waals surface area contributed by atoms with Crippen LogP contribution in [0.3, 0.4) is 0 Å². The van der Waals surface area contributed by atoms with Gasteiger partial charge in [0.25, 0.3) is 0 Å². The van der Waals surface area contributed by atoms with Gasteiger partial charge in [-0.2, -0.15) is 0 Å². The van der Waals surface area contributed by atoms with Gasteiger partial charge < -0.3 is 10.2 Å². The molecule has 0 bridgehead atoms. The van der Waals surface area contributed by atoms with Crippen molar-refractivity contribution in [2.24, 2.45) is 5.92 Å². The Bertz CT molecular complexity index is 162. The molecule has 96 valence electrons. The minimum atomic E-state index is 0.793. The maximum atomic E-state index is 3.62. The van der Waals surface area contributed by atoms with E-state index in [4.69, 9.17) is 0 Å². The topological polar surface area (TPSA) is 15.3 Å². The summed E-state index contributed by atoms with van der Waals surface area (Å²) in [7, 11) is 2.27. The summed E-state index contributed by atoms with van der Waals surface area (Å²) in [5.41, 5.74) is 0. The van der Waals surface area contributed by atoms with E-state index in [0.717, 1.165) is 12.0 Å². The Labute approximate surface area is 102 Å². The van der Waals surface area contributed by atoms with Crippen LogP contribution in [-0.4, -0.2) is 37.6 Å². The van der Waals surface area contributed by atoms with Gasteiger partial charge in [0.15, 0.2) is 0 Å². The largest absolute Gasteiger partial charge is 0.314 e. The van der Waals surface area contributed by atoms with Crippen molar-refractivity contribution in [3.8, 4) is 0 Å². The third-order valence-electron chi connectivity index (χ3n) is 3.59. The maximum absolute atomic E-state index is 3.62. The molecular formula is C14H30N2. The molecular weight excluding hydrogens is 196 g/mol. The highest BCUT2D eigenvalue weighted by molar-refractivity contribution is 4.73. The molecule has 0 radical (unpaired) electrons. The molecule has 0 aromatic carbocycles. The van der Waals surface area contributed by atoms with Crippen LogP contribution in [0, 0.1) is 5.92 Å². The third kappa shape index (κ3) is 6.49. The van der Waals surface area contributed by atoms with Crippen LogP contribution in [0.1, 0.15) is 52.4 Å². The SMILES string of the molecule is CC(C)CCCN(C)CCC1CCCCN1. The quantitative estimate of drug-likeness (QED) is 0.718. The third-order valence-corrected chi connectivity index (χ3v) is 3.59. The lowest BCUT2D eigenvalue weighted by atomic mass is 10.0. The van der Waals surface area contributed by atoms with Crippen LogP contribution in [0.4, 0.5) is 0 Å². The van der Waals surface area contributed by atoms with Crippen molar-refractivity contribution in [3.05, 3.63) is 0 Å². The van der Waals surface area contributed by atoms with Crippen molar-refractivity contribution >= 4 is 0 Å². The monoisotopic (exact) mass is 226 g/mol. The molecule has 1 aliphatic rings. The first-order valence-electron chi connectivity index (χ1n) is 7.10. The molecule has 2 nitrogen and oxygen atoms in total. The van der Waals surface area contributed by atoms with E-state index in [0.29, 0.717) is 0 Å². The van der Waals surface area contributed by atoms with Crippen molar-refractivity contribution < 1.29 is 0 Å². The normalized spacial score (nSPS) is 21.9. The number of piperidine rings is 1. The molecule has 1 unspecified atom stereocenters. The van der Waals surface area contributed by atoms with E-state index >= 15 is 0 Å². The van der Waals surface area contributed by atoms with Gasteiger partial charge in [-0.15, -0.1) is 0 Å². The van der Waals surface area contributed by atoms with Crippen molar-refractivity contribution in [2.75, 3.05) is 26.7 Å². The number of nitrogens with zero attached hydrogens (tertiary/aromatic N) is 1. The van der Waals surface area contributed by atoms with Crippen LogP contribution in [0.5, 0.6) is 0 Å². The Balaban J connectivity index is 1.98. The summed E-state index contributed by atoms with van der Waals surface area (Å²) >= 11 is 0. The average molecular weight is 226 g/mol. The molecule has 2 heteroatoms. The second kappa shape index (κ2) is 8.08. The van der Waals surface area contributed by atoms with E-state index in [2.05, 4.69) is 31.1 Å². The highest BCUT2D eigenvalue weighted by atomic mass is 15.1. The zero-order valence-electron chi connectivity index (χ0n) is 11.5. The Hall–Kier alpha value is -0.0800. The standard InChI is InChI=1S/C14H30N2/c1-13(2)7-6-11-16(3)12-9-14-8-4-5-10-15-14/h13-15H,4-12H2,1-3H3. The molecule has 1 aliphatic heterocycles. The first-order chi connectivity index (χ1) is 7.68. The first-order valence-corrected chi connectivity index (χ1v) is 7.10. The molecule has 1 rings (SSSR count). The summed E-state index contributed by atoms with van der Waals surface area (Å²) in [6, 6.07) is 0.793. The van der Waals surface area contributed by atoms with E-state index in [1.807, 2.05) is 0 Å². The van der Waals surface area contributed by atoms with Crippen LogP contribution < -0.4 is 5.32 Å². The molecule has 1 saturated heterocycles.